The molecule has 2 aromatic carbocycles. The van der Waals surface area contributed by atoms with Gasteiger partial charge in [0.25, 0.3) is 5.69 Å². The summed E-state index contributed by atoms with van der Waals surface area (Å²) in [6.45, 7) is 1.83. The average molecular weight is 388 g/mol. The number of ketones is 1. The van der Waals surface area contributed by atoms with E-state index in [0.717, 1.165) is 4.31 Å². The molecule has 2 aromatic rings. The predicted molar refractivity (Wildman–Crippen MR) is 103 cm³/mol. The van der Waals surface area contributed by atoms with Crippen molar-refractivity contribution in [1.29, 1.82) is 0 Å². The van der Waals surface area contributed by atoms with E-state index < -0.39 is 14.9 Å². The van der Waals surface area contributed by atoms with Crippen LogP contribution in [0.4, 0.5) is 5.69 Å². The number of nitro benzene ring substituents is 1. The summed E-state index contributed by atoms with van der Waals surface area (Å²) in [6, 6.07) is 10.4. The predicted octanol–water partition coefficient (Wildman–Crippen LogP) is 3.30. The zero-order chi connectivity index (χ0) is 20.2. The van der Waals surface area contributed by atoms with Crippen molar-refractivity contribution in [3.63, 3.8) is 0 Å². The fourth-order valence-corrected chi connectivity index (χ4v) is 3.33. The third-order valence-electron chi connectivity index (χ3n) is 4.03. The molecule has 0 heterocycles. The fraction of sp³-hybridized carbons (Fsp3) is 0.211. The smallest absolute Gasteiger partial charge is 0.273 e. The highest BCUT2D eigenvalue weighted by Gasteiger charge is 2.17. The Morgan fingerprint density at radius 3 is 2.30 bits per heavy atom. The summed E-state index contributed by atoms with van der Waals surface area (Å²) in [5.41, 5.74) is 1.51. The molecule has 0 saturated carbocycles. The topological polar surface area (TPSA) is 97.6 Å². The number of allylic oxidation sites excluding steroid dienone is 1. The Hall–Kier alpha value is -2.84. The van der Waals surface area contributed by atoms with Gasteiger partial charge >= 0.3 is 0 Å². The standard InChI is InChI=1S/C19H20N2O5S/c1-4-15-7-5-14(13-18(15)21(23)24)6-12-19(22)16-8-10-17(11-9-16)27(25,26)20(2)3/h5-13H,4H2,1-3H3/b12-6+. The Kier molecular flexibility index (Phi) is 6.24. The second kappa shape index (κ2) is 8.24. The number of hydrogen-bond donors (Lipinski definition) is 0. The molecule has 0 fully saturated rings. The van der Waals surface area contributed by atoms with Crippen LogP contribution in [0, 0.1) is 10.1 Å². The van der Waals surface area contributed by atoms with Crippen LogP contribution >= 0.6 is 0 Å². The first-order valence-electron chi connectivity index (χ1n) is 8.19. The van der Waals surface area contributed by atoms with E-state index in [9.17, 15) is 23.3 Å². The van der Waals surface area contributed by atoms with Crippen molar-refractivity contribution in [3.05, 3.63) is 75.3 Å². The molecule has 0 aliphatic carbocycles. The molecule has 0 amide bonds. The molecule has 0 unspecified atom stereocenters. The average Bonchev–Trinajstić information content (AvgIpc) is 2.65. The summed E-state index contributed by atoms with van der Waals surface area (Å²) in [7, 11) is -0.693. The zero-order valence-electron chi connectivity index (χ0n) is 15.2. The van der Waals surface area contributed by atoms with Crippen LogP contribution in [0.1, 0.15) is 28.4 Å². The van der Waals surface area contributed by atoms with Crippen LogP contribution in [0.5, 0.6) is 0 Å². The van der Waals surface area contributed by atoms with Gasteiger partial charge in [-0.3, -0.25) is 14.9 Å². The summed E-state index contributed by atoms with van der Waals surface area (Å²) in [5.74, 6) is -0.328. The number of benzene rings is 2. The SMILES string of the molecule is CCc1ccc(/C=C/C(=O)c2ccc(S(=O)(=O)N(C)C)cc2)cc1[N+](=O)[O-]. The largest absolute Gasteiger partial charge is 0.289 e. The van der Waals surface area contributed by atoms with Gasteiger partial charge in [-0.2, -0.15) is 0 Å². The minimum atomic E-state index is -3.55. The highest BCUT2D eigenvalue weighted by atomic mass is 32.2. The van der Waals surface area contributed by atoms with Gasteiger partial charge in [0.2, 0.25) is 10.0 Å². The Balaban J connectivity index is 2.22. The molecule has 2 rings (SSSR count). The molecular weight excluding hydrogens is 368 g/mol. The molecule has 0 aromatic heterocycles. The maximum atomic E-state index is 12.3. The molecule has 0 radical (unpaired) electrons. The summed E-state index contributed by atoms with van der Waals surface area (Å²) < 4.78 is 25.2. The van der Waals surface area contributed by atoms with Gasteiger partial charge in [0.05, 0.1) is 9.82 Å². The Morgan fingerprint density at radius 1 is 1.15 bits per heavy atom. The van der Waals surface area contributed by atoms with Gasteiger partial charge in [0, 0.05) is 31.3 Å². The van der Waals surface area contributed by atoms with Crippen LogP contribution in [0.15, 0.2) is 53.4 Å². The monoisotopic (exact) mass is 388 g/mol. The van der Waals surface area contributed by atoms with Gasteiger partial charge in [-0.15, -0.1) is 0 Å². The Labute approximate surface area is 158 Å². The summed E-state index contributed by atoms with van der Waals surface area (Å²) >= 11 is 0. The van der Waals surface area contributed by atoms with E-state index in [1.807, 2.05) is 6.92 Å². The van der Waals surface area contributed by atoms with Gasteiger partial charge in [0.1, 0.15) is 0 Å². The first-order valence-corrected chi connectivity index (χ1v) is 9.63. The van der Waals surface area contributed by atoms with Crippen molar-refractivity contribution < 1.29 is 18.1 Å². The molecule has 7 nitrogen and oxygen atoms in total. The quantitative estimate of drug-likeness (QED) is 0.314. The second-order valence-corrected chi connectivity index (χ2v) is 8.16. The molecule has 8 heteroatoms. The number of rotatable bonds is 7. The molecular formula is C19H20N2O5S. The van der Waals surface area contributed by atoms with Crippen LogP contribution in [0.2, 0.25) is 0 Å². The lowest BCUT2D eigenvalue weighted by Gasteiger charge is -2.11. The summed E-state index contributed by atoms with van der Waals surface area (Å²) in [4.78, 5) is 23.0. The van der Waals surface area contributed by atoms with E-state index in [-0.39, 0.29) is 16.4 Å². The summed E-state index contributed by atoms with van der Waals surface area (Å²) in [5, 5.41) is 11.1. The molecule has 0 spiro atoms. The van der Waals surface area contributed by atoms with Gasteiger partial charge in [-0.25, -0.2) is 12.7 Å². The maximum absolute atomic E-state index is 12.3. The minimum Gasteiger partial charge on any atom is -0.289 e. The number of nitrogens with zero attached hydrogens (tertiary/aromatic N) is 2. The van der Waals surface area contributed by atoms with Crippen LogP contribution < -0.4 is 0 Å². The first-order chi connectivity index (χ1) is 12.7. The highest BCUT2D eigenvalue weighted by Crippen LogP contribution is 2.22. The van der Waals surface area contributed by atoms with Gasteiger partial charge in [0.15, 0.2) is 5.78 Å². The minimum absolute atomic E-state index is 0.0188. The molecule has 0 aliphatic rings. The lowest BCUT2D eigenvalue weighted by atomic mass is 10.1. The van der Waals surface area contributed by atoms with Gasteiger partial charge in [-0.1, -0.05) is 25.1 Å². The molecule has 0 N–H and O–H groups in total. The normalized spacial score (nSPS) is 11.9. The van der Waals surface area contributed by atoms with E-state index in [2.05, 4.69) is 0 Å². The van der Waals surface area contributed by atoms with E-state index in [1.54, 1.807) is 12.1 Å². The van der Waals surface area contributed by atoms with Crippen molar-refractivity contribution >= 4 is 27.6 Å². The van der Waals surface area contributed by atoms with Crippen molar-refractivity contribution in [2.75, 3.05) is 14.1 Å². The van der Waals surface area contributed by atoms with Gasteiger partial charge in [-0.05, 0) is 42.3 Å². The third-order valence-corrected chi connectivity index (χ3v) is 5.86. The molecule has 0 saturated heterocycles. The number of carbonyl (C=O) groups is 1. The summed E-state index contributed by atoms with van der Waals surface area (Å²) in [6.07, 6.45) is 3.35. The molecule has 142 valence electrons. The van der Waals surface area contributed by atoms with Gasteiger partial charge < -0.3 is 0 Å². The van der Waals surface area contributed by atoms with Crippen LogP contribution in [-0.2, 0) is 16.4 Å². The Morgan fingerprint density at radius 2 is 1.78 bits per heavy atom. The van der Waals surface area contributed by atoms with Crippen LogP contribution in [0.25, 0.3) is 6.08 Å². The van der Waals surface area contributed by atoms with Crippen molar-refractivity contribution in [2.24, 2.45) is 0 Å². The van der Waals surface area contributed by atoms with Crippen molar-refractivity contribution in [1.82, 2.24) is 4.31 Å². The zero-order valence-corrected chi connectivity index (χ0v) is 16.1. The van der Waals surface area contributed by atoms with Crippen molar-refractivity contribution in [2.45, 2.75) is 18.2 Å². The number of nitro groups is 1. The third kappa shape index (κ3) is 4.66. The first kappa shape index (κ1) is 20.5. The maximum Gasteiger partial charge on any atom is 0.273 e. The molecule has 27 heavy (non-hydrogen) atoms. The van der Waals surface area contributed by atoms with Crippen molar-refractivity contribution in [3.8, 4) is 0 Å². The molecule has 0 aliphatic heterocycles. The lowest BCUT2D eigenvalue weighted by molar-refractivity contribution is -0.385. The van der Waals surface area contributed by atoms with E-state index in [0.29, 0.717) is 23.1 Å². The number of sulfonamides is 1. The number of hydrogen-bond acceptors (Lipinski definition) is 5. The number of carbonyl (C=O) groups excluding carboxylic acids is 1. The molecule has 0 atom stereocenters. The highest BCUT2D eigenvalue weighted by molar-refractivity contribution is 7.89. The van der Waals surface area contributed by atoms with Crippen LogP contribution in [0.3, 0.4) is 0 Å². The Bertz CT molecular complexity index is 993. The lowest BCUT2D eigenvalue weighted by Crippen LogP contribution is -2.22. The van der Waals surface area contributed by atoms with E-state index in [1.165, 1.54) is 56.6 Å². The molecule has 0 bridgehead atoms. The van der Waals surface area contributed by atoms with E-state index in [4.69, 9.17) is 0 Å². The van der Waals surface area contributed by atoms with E-state index >= 15 is 0 Å². The van der Waals surface area contributed by atoms with Crippen LogP contribution in [-0.4, -0.2) is 37.5 Å². The second-order valence-electron chi connectivity index (χ2n) is 6.01. The fourth-order valence-electron chi connectivity index (χ4n) is 2.42. The number of aryl methyl sites for hydroxylation is 1.